The average molecular weight is 168 g/mol. The van der Waals surface area contributed by atoms with Crippen LogP contribution in [0.15, 0.2) is 0 Å². The molecule has 0 saturated carbocycles. The molecule has 0 aromatic carbocycles. The van der Waals surface area contributed by atoms with Gasteiger partial charge < -0.3 is 0 Å². The number of thiol groups is 2. The second-order valence-corrected chi connectivity index (χ2v) is 4.00. The van der Waals surface area contributed by atoms with E-state index in [0.717, 1.165) is 11.5 Å². The van der Waals surface area contributed by atoms with Crippen molar-refractivity contribution in [2.75, 3.05) is 17.8 Å². The smallest absolute Gasteiger partial charge is 0.0304 e. The Hall–Kier alpha value is 1.05. The van der Waals surface area contributed by atoms with Crippen molar-refractivity contribution in [3.05, 3.63) is 0 Å². The van der Waals surface area contributed by atoms with Gasteiger partial charge in [-0.3, -0.25) is 0 Å². The van der Waals surface area contributed by atoms with Crippen molar-refractivity contribution in [2.45, 2.75) is 11.7 Å². The van der Waals surface area contributed by atoms with E-state index in [1.165, 1.54) is 0 Å². The first kappa shape index (κ1) is 9.05. The number of rotatable bonds is 3. The van der Waals surface area contributed by atoms with E-state index in [0.29, 0.717) is 0 Å². The SMILES string of the molecule is CSC(C)(CS)CS. The van der Waals surface area contributed by atoms with E-state index in [2.05, 4.69) is 38.4 Å². The van der Waals surface area contributed by atoms with Crippen LogP contribution in [0.4, 0.5) is 0 Å². The maximum absolute atomic E-state index is 4.19. The highest BCUT2D eigenvalue weighted by Crippen LogP contribution is 2.24. The summed E-state index contributed by atoms with van der Waals surface area (Å²) in [6.45, 7) is 2.16. The molecule has 0 aromatic heterocycles. The lowest BCUT2D eigenvalue weighted by atomic mass is 10.2. The maximum atomic E-state index is 4.19. The highest BCUT2D eigenvalue weighted by molar-refractivity contribution is 8.01. The third-order valence-electron chi connectivity index (χ3n) is 1.16. The van der Waals surface area contributed by atoms with Gasteiger partial charge in [0.1, 0.15) is 0 Å². The Balaban J connectivity index is 3.58. The summed E-state index contributed by atoms with van der Waals surface area (Å²) in [5.41, 5.74) is 0. The standard InChI is InChI=1S/C5H12S3/c1-5(3-6,4-7)8-2/h6-7H,3-4H2,1-2H3. The molecule has 0 fully saturated rings. The molecule has 0 amide bonds. The molecule has 0 saturated heterocycles. The van der Waals surface area contributed by atoms with Gasteiger partial charge in [-0.2, -0.15) is 37.0 Å². The first-order chi connectivity index (χ1) is 3.68. The van der Waals surface area contributed by atoms with Gasteiger partial charge in [-0.05, 0) is 13.2 Å². The first-order valence-corrected chi connectivity index (χ1v) is 4.94. The first-order valence-electron chi connectivity index (χ1n) is 2.45. The van der Waals surface area contributed by atoms with Crippen molar-refractivity contribution < 1.29 is 0 Å². The summed E-state index contributed by atoms with van der Waals surface area (Å²) in [6, 6.07) is 0. The molecule has 0 N–H and O–H groups in total. The molecule has 0 unspecified atom stereocenters. The normalized spacial score (nSPS) is 12.0. The number of hydrogen-bond acceptors (Lipinski definition) is 3. The van der Waals surface area contributed by atoms with Crippen molar-refractivity contribution >= 4 is 37.0 Å². The van der Waals surface area contributed by atoms with E-state index in [4.69, 9.17) is 0 Å². The van der Waals surface area contributed by atoms with Gasteiger partial charge in [-0.1, -0.05) is 0 Å². The molecule has 0 aliphatic heterocycles. The summed E-state index contributed by atoms with van der Waals surface area (Å²) in [6.07, 6.45) is 2.09. The number of hydrogen-bond donors (Lipinski definition) is 2. The Labute approximate surface area is 66.6 Å². The van der Waals surface area contributed by atoms with Crippen molar-refractivity contribution in [3.8, 4) is 0 Å². The molecule has 0 spiro atoms. The van der Waals surface area contributed by atoms with E-state index in [1.54, 1.807) is 0 Å². The lowest BCUT2D eigenvalue weighted by molar-refractivity contribution is 0.839. The highest BCUT2D eigenvalue weighted by atomic mass is 32.2. The van der Waals surface area contributed by atoms with E-state index in [1.807, 2.05) is 11.8 Å². The molecule has 0 aromatic rings. The van der Waals surface area contributed by atoms with Crippen LogP contribution in [0, 0.1) is 0 Å². The molecule has 0 aliphatic rings. The summed E-state index contributed by atoms with van der Waals surface area (Å²) in [5, 5.41) is 0. The fourth-order valence-electron chi connectivity index (χ4n) is 0.179. The minimum Gasteiger partial charge on any atom is -0.178 e. The average Bonchev–Trinajstić information content (AvgIpc) is 1.87. The number of thioether (sulfide) groups is 1. The lowest BCUT2D eigenvalue weighted by Crippen LogP contribution is -2.23. The van der Waals surface area contributed by atoms with Crippen LogP contribution >= 0.6 is 37.0 Å². The molecular weight excluding hydrogens is 156 g/mol. The largest absolute Gasteiger partial charge is 0.178 e. The Kier molecular flexibility index (Phi) is 4.48. The van der Waals surface area contributed by atoms with Crippen LogP contribution < -0.4 is 0 Å². The van der Waals surface area contributed by atoms with Crippen LogP contribution in [0.1, 0.15) is 6.92 Å². The topological polar surface area (TPSA) is 0 Å². The molecular formula is C5H12S3. The van der Waals surface area contributed by atoms with Gasteiger partial charge >= 0.3 is 0 Å². The summed E-state index contributed by atoms with van der Waals surface area (Å²) in [5.74, 6) is 1.80. The van der Waals surface area contributed by atoms with Gasteiger partial charge in [0.25, 0.3) is 0 Å². The third-order valence-corrected chi connectivity index (χ3v) is 4.26. The second kappa shape index (κ2) is 3.96. The molecule has 0 rings (SSSR count). The highest BCUT2D eigenvalue weighted by Gasteiger charge is 2.17. The third kappa shape index (κ3) is 2.55. The van der Waals surface area contributed by atoms with E-state index in [9.17, 15) is 0 Å². The predicted octanol–water partition coefficient (Wildman–Crippen LogP) is 1.97. The molecule has 3 heteroatoms. The molecule has 0 aliphatic carbocycles. The zero-order chi connectivity index (χ0) is 6.62. The van der Waals surface area contributed by atoms with Gasteiger partial charge in [0.05, 0.1) is 0 Å². The Morgan fingerprint density at radius 2 is 1.75 bits per heavy atom. The van der Waals surface area contributed by atoms with Gasteiger partial charge in [-0.25, -0.2) is 0 Å². The van der Waals surface area contributed by atoms with Crippen molar-refractivity contribution in [1.29, 1.82) is 0 Å². The Morgan fingerprint density at radius 3 is 1.75 bits per heavy atom. The lowest BCUT2D eigenvalue weighted by Gasteiger charge is -2.21. The molecule has 0 heterocycles. The minimum absolute atomic E-state index is 0.270. The zero-order valence-electron chi connectivity index (χ0n) is 5.22. The summed E-state index contributed by atoms with van der Waals surface area (Å²) in [4.78, 5) is 0. The fraction of sp³-hybridized carbons (Fsp3) is 1.00. The molecule has 0 radical (unpaired) electrons. The summed E-state index contributed by atoms with van der Waals surface area (Å²) < 4.78 is 0.270. The van der Waals surface area contributed by atoms with Crippen LogP contribution in [-0.2, 0) is 0 Å². The quantitative estimate of drug-likeness (QED) is 0.608. The van der Waals surface area contributed by atoms with Crippen molar-refractivity contribution in [2.24, 2.45) is 0 Å². The van der Waals surface area contributed by atoms with Gasteiger partial charge in [0.2, 0.25) is 0 Å². The van der Waals surface area contributed by atoms with Crippen LogP contribution in [0.2, 0.25) is 0 Å². The van der Waals surface area contributed by atoms with E-state index >= 15 is 0 Å². The van der Waals surface area contributed by atoms with Crippen LogP contribution in [0.5, 0.6) is 0 Å². The Morgan fingerprint density at radius 1 is 1.38 bits per heavy atom. The fourth-order valence-corrected chi connectivity index (χ4v) is 1.61. The van der Waals surface area contributed by atoms with Crippen LogP contribution in [0.3, 0.4) is 0 Å². The molecule has 50 valence electrons. The summed E-state index contributed by atoms with van der Waals surface area (Å²) >= 11 is 10.2. The van der Waals surface area contributed by atoms with Gasteiger partial charge in [0, 0.05) is 16.3 Å². The van der Waals surface area contributed by atoms with Crippen LogP contribution in [-0.4, -0.2) is 22.5 Å². The predicted molar refractivity (Wildman–Crippen MR) is 49.6 cm³/mol. The summed E-state index contributed by atoms with van der Waals surface area (Å²) in [7, 11) is 0. The molecule has 0 atom stereocenters. The van der Waals surface area contributed by atoms with E-state index < -0.39 is 0 Å². The second-order valence-electron chi connectivity index (χ2n) is 1.97. The molecule has 8 heavy (non-hydrogen) atoms. The monoisotopic (exact) mass is 168 g/mol. The zero-order valence-corrected chi connectivity index (χ0v) is 7.82. The molecule has 0 bridgehead atoms. The van der Waals surface area contributed by atoms with Crippen LogP contribution in [0.25, 0.3) is 0 Å². The van der Waals surface area contributed by atoms with Gasteiger partial charge in [0.15, 0.2) is 0 Å². The van der Waals surface area contributed by atoms with Crippen molar-refractivity contribution in [3.63, 3.8) is 0 Å². The molecule has 0 nitrogen and oxygen atoms in total. The van der Waals surface area contributed by atoms with Gasteiger partial charge in [-0.15, -0.1) is 0 Å². The Bertz CT molecular complexity index is 50.4. The van der Waals surface area contributed by atoms with E-state index in [-0.39, 0.29) is 4.75 Å². The van der Waals surface area contributed by atoms with Crippen molar-refractivity contribution in [1.82, 2.24) is 0 Å². The minimum atomic E-state index is 0.270. The maximum Gasteiger partial charge on any atom is 0.0304 e.